The van der Waals surface area contributed by atoms with E-state index in [0.29, 0.717) is 4.90 Å². The van der Waals surface area contributed by atoms with E-state index in [1.54, 1.807) is 12.1 Å². The Kier molecular flexibility index (Phi) is 6.38. The molecule has 32 heavy (non-hydrogen) atoms. The molecule has 0 aliphatic carbocycles. The second kappa shape index (κ2) is 9.07. The summed E-state index contributed by atoms with van der Waals surface area (Å²) >= 11 is 6.17. The normalized spacial score (nSPS) is 13.8. The molecule has 0 aromatic heterocycles. The van der Waals surface area contributed by atoms with Crippen LogP contribution in [0.15, 0.2) is 89.8 Å². The van der Waals surface area contributed by atoms with Crippen LogP contribution in [-0.2, 0) is 9.84 Å². The number of halogens is 1. The molecule has 1 N–H and O–H groups in total. The average Bonchev–Trinajstić information content (AvgIpc) is 2.77. The minimum Gasteiger partial charge on any atom is -0.304 e. The van der Waals surface area contributed by atoms with Gasteiger partial charge in [0.25, 0.3) is 0 Å². The van der Waals surface area contributed by atoms with Crippen molar-refractivity contribution in [2.45, 2.75) is 30.8 Å². The van der Waals surface area contributed by atoms with Crippen LogP contribution in [0.3, 0.4) is 0 Å². The molecule has 0 radical (unpaired) electrons. The molecule has 0 fully saturated rings. The van der Waals surface area contributed by atoms with Crippen molar-refractivity contribution in [1.29, 1.82) is 0 Å². The van der Waals surface area contributed by atoms with Gasteiger partial charge in [-0.3, -0.25) is 0 Å². The lowest BCUT2D eigenvalue weighted by Crippen LogP contribution is -2.22. The zero-order valence-corrected chi connectivity index (χ0v) is 19.9. The van der Waals surface area contributed by atoms with E-state index in [4.69, 9.17) is 11.6 Å². The fourth-order valence-electron chi connectivity index (χ4n) is 4.05. The van der Waals surface area contributed by atoms with Crippen molar-refractivity contribution in [3.8, 4) is 11.1 Å². The molecule has 0 spiro atoms. The monoisotopic (exact) mass is 463 g/mol. The lowest BCUT2D eigenvalue weighted by Gasteiger charge is -2.22. The summed E-state index contributed by atoms with van der Waals surface area (Å²) in [5.74, 6) is 0. The van der Waals surface area contributed by atoms with Gasteiger partial charge in [0.1, 0.15) is 0 Å². The lowest BCUT2D eigenvalue weighted by atomic mass is 9.93. The molecule has 3 nitrogen and oxygen atoms in total. The minimum atomic E-state index is -3.23. The van der Waals surface area contributed by atoms with Crippen LogP contribution in [0, 0.1) is 0 Å². The molecule has 0 aliphatic heterocycles. The highest BCUT2D eigenvalue weighted by Gasteiger charge is 2.15. The molecule has 2 atom stereocenters. The predicted octanol–water partition coefficient (Wildman–Crippen LogP) is 6.98. The van der Waals surface area contributed by atoms with E-state index in [0.717, 1.165) is 32.5 Å². The van der Waals surface area contributed by atoms with Gasteiger partial charge in [-0.1, -0.05) is 60.1 Å². The molecule has 164 valence electrons. The van der Waals surface area contributed by atoms with E-state index in [9.17, 15) is 8.42 Å². The van der Waals surface area contributed by atoms with Crippen LogP contribution in [0.4, 0.5) is 0 Å². The van der Waals surface area contributed by atoms with E-state index in [-0.39, 0.29) is 12.1 Å². The van der Waals surface area contributed by atoms with Crippen molar-refractivity contribution < 1.29 is 8.42 Å². The van der Waals surface area contributed by atoms with E-state index < -0.39 is 9.84 Å². The molecule has 0 amide bonds. The Bertz CT molecular complexity index is 1360. The summed E-state index contributed by atoms with van der Waals surface area (Å²) in [5.41, 5.74) is 4.38. The van der Waals surface area contributed by atoms with Gasteiger partial charge in [0.2, 0.25) is 0 Å². The van der Waals surface area contributed by atoms with Crippen LogP contribution in [-0.4, -0.2) is 14.7 Å². The first-order valence-corrected chi connectivity index (χ1v) is 12.8. The average molecular weight is 464 g/mol. The Morgan fingerprint density at radius 1 is 0.781 bits per heavy atom. The summed E-state index contributed by atoms with van der Waals surface area (Å²) in [6.07, 6.45) is 1.23. The van der Waals surface area contributed by atoms with Gasteiger partial charge in [-0.2, -0.15) is 0 Å². The lowest BCUT2D eigenvalue weighted by molar-refractivity contribution is 0.495. The Hall–Kier alpha value is -2.66. The van der Waals surface area contributed by atoms with Gasteiger partial charge in [0, 0.05) is 23.4 Å². The Labute approximate surface area is 195 Å². The summed E-state index contributed by atoms with van der Waals surface area (Å²) < 4.78 is 23.7. The molecule has 4 aromatic carbocycles. The molecule has 4 rings (SSSR count). The first kappa shape index (κ1) is 22.5. The van der Waals surface area contributed by atoms with Crippen LogP contribution in [0.1, 0.15) is 37.1 Å². The van der Waals surface area contributed by atoms with Crippen LogP contribution < -0.4 is 5.32 Å². The first-order chi connectivity index (χ1) is 15.2. The van der Waals surface area contributed by atoms with Gasteiger partial charge in [0.15, 0.2) is 9.84 Å². The van der Waals surface area contributed by atoms with Crippen molar-refractivity contribution >= 4 is 32.2 Å². The van der Waals surface area contributed by atoms with Gasteiger partial charge in [-0.05, 0) is 83.3 Å². The highest BCUT2D eigenvalue weighted by Crippen LogP contribution is 2.33. The quantitative estimate of drug-likeness (QED) is 0.335. The number of fused-ring (bicyclic) bond motifs is 1. The standard InChI is InChI=1S/C27H26ClNO2S/c1-18(21-8-6-9-24(28)16-21)29-19(2)23-15-22-7-4-5-10-26(22)27(17-23)20-11-13-25(14-12-20)32(3,30)31/h4-19,29H,1-3H3/t18-,19?/m1/s1. The Morgan fingerprint density at radius 2 is 1.47 bits per heavy atom. The summed E-state index contributed by atoms with van der Waals surface area (Å²) in [7, 11) is -3.23. The fourth-order valence-corrected chi connectivity index (χ4v) is 4.88. The van der Waals surface area contributed by atoms with Gasteiger partial charge in [0.05, 0.1) is 4.90 Å². The third kappa shape index (κ3) is 4.88. The van der Waals surface area contributed by atoms with E-state index >= 15 is 0 Å². The zero-order valence-electron chi connectivity index (χ0n) is 18.3. The molecule has 4 aromatic rings. The fraction of sp³-hybridized carbons (Fsp3) is 0.185. The van der Waals surface area contributed by atoms with Gasteiger partial charge in [-0.15, -0.1) is 0 Å². The minimum absolute atomic E-state index is 0.0997. The number of hydrogen-bond acceptors (Lipinski definition) is 3. The molecule has 0 bridgehead atoms. The van der Waals surface area contributed by atoms with Crippen molar-refractivity contribution in [3.63, 3.8) is 0 Å². The maximum atomic E-state index is 11.9. The molecular formula is C27H26ClNO2S. The smallest absolute Gasteiger partial charge is 0.175 e. The van der Waals surface area contributed by atoms with Crippen LogP contribution in [0.5, 0.6) is 0 Å². The van der Waals surface area contributed by atoms with E-state index in [1.807, 2.05) is 42.5 Å². The van der Waals surface area contributed by atoms with Gasteiger partial charge >= 0.3 is 0 Å². The topological polar surface area (TPSA) is 46.2 Å². The number of nitrogens with one attached hydrogen (secondary N) is 1. The van der Waals surface area contributed by atoms with Crippen molar-refractivity contribution in [2.75, 3.05) is 6.26 Å². The van der Waals surface area contributed by atoms with Crippen LogP contribution in [0.25, 0.3) is 21.9 Å². The summed E-state index contributed by atoms with van der Waals surface area (Å²) in [4.78, 5) is 0.326. The number of sulfone groups is 1. The molecule has 5 heteroatoms. The maximum Gasteiger partial charge on any atom is 0.175 e. The van der Waals surface area contributed by atoms with Crippen molar-refractivity contribution in [2.24, 2.45) is 0 Å². The van der Waals surface area contributed by atoms with E-state index in [2.05, 4.69) is 49.5 Å². The molecule has 0 saturated carbocycles. The van der Waals surface area contributed by atoms with Crippen LogP contribution >= 0.6 is 11.6 Å². The third-order valence-electron chi connectivity index (χ3n) is 5.83. The predicted molar refractivity (Wildman–Crippen MR) is 134 cm³/mol. The maximum absolute atomic E-state index is 11.9. The second-order valence-electron chi connectivity index (χ2n) is 8.25. The zero-order chi connectivity index (χ0) is 22.9. The largest absolute Gasteiger partial charge is 0.304 e. The highest BCUT2D eigenvalue weighted by molar-refractivity contribution is 7.90. The Morgan fingerprint density at radius 3 is 2.16 bits per heavy atom. The van der Waals surface area contributed by atoms with Gasteiger partial charge in [-0.25, -0.2) is 8.42 Å². The molecule has 0 heterocycles. The molecule has 0 aliphatic rings. The summed E-state index contributed by atoms with van der Waals surface area (Å²) in [6.45, 7) is 4.29. The first-order valence-electron chi connectivity index (χ1n) is 10.6. The highest BCUT2D eigenvalue weighted by atomic mass is 35.5. The van der Waals surface area contributed by atoms with E-state index in [1.165, 1.54) is 11.8 Å². The molecule has 1 unspecified atom stereocenters. The number of rotatable bonds is 6. The van der Waals surface area contributed by atoms with Gasteiger partial charge < -0.3 is 5.32 Å². The Balaban J connectivity index is 1.72. The molecular weight excluding hydrogens is 438 g/mol. The molecule has 0 saturated heterocycles. The third-order valence-corrected chi connectivity index (χ3v) is 7.19. The van der Waals surface area contributed by atoms with Crippen LogP contribution in [0.2, 0.25) is 5.02 Å². The number of hydrogen-bond donors (Lipinski definition) is 1. The van der Waals surface area contributed by atoms with Crippen molar-refractivity contribution in [1.82, 2.24) is 5.32 Å². The van der Waals surface area contributed by atoms with Crippen molar-refractivity contribution in [3.05, 3.63) is 101 Å². The summed E-state index contributed by atoms with van der Waals surface area (Å²) in [6, 6.07) is 27.9. The summed E-state index contributed by atoms with van der Waals surface area (Å²) in [5, 5.41) is 6.69. The SMILES string of the molecule is CC(N[C@H](C)c1cccc(Cl)c1)c1cc(-c2ccc(S(C)(=O)=O)cc2)c2ccccc2c1. The number of benzene rings is 4. The second-order valence-corrected chi connectivity index (χ2v) is 10.7.